The van der Waals surface area contributed by atoms with Crippen LogP contribution >= 0.6 is 51.0 Å². The highest BCUT2D eigenvalue weighted by Crippen LogP contribution is 2.31. The lowest BCUT2D eigenvalue weighted by Gasteiger charge is -2.23. The van der Waals surface area contributed by atoms with Gasteiger partial charge in [-0.1, -0.05) is 47.2 Å². The molecule has 0 N–H and O–H groups in total. The summed E-state index contributed by atoms with van der Waals surface area (Å²) in [6.07, 6.45) is 3.53. The molecule has 0 radical (unpaired) electrons. The van der Waals surface area contributed by atoms with Gasteiger partial charge in [0.05, 0.1) is 10.2 Å². The fraction of sp³-hybridized carbons (Fsp3) is 0.300. The Bertz CT molecular complexity index is 923. The molecule has 150 valence electrons. The van der Waals surface area contributed by atoms with Crippen LogP contribution in [0, 0.1) is 0 Å². The Morgan fingerprint density at radius 3 is 2.68 bits per heavy atom. The molecule has 3 aromatic rings. The number of carbonyl (C=O) groups is 1. The van der Waals surface area contributed by atoms with E-state index in [1.807, 2.05) is 41.8 Å². The van der Waals surface area contributed by atoms with Gasteiger partial charge in [-0.05, 0) is 48.8 Å². The standard InChI is InChI=1S/C20H22BrN3OS2.ClH/c1-3-23(4-2)11-12-24(19(25)10-8-16-6-5-13-26-16)20-22-17-9-7-15(21)14-18(17)27-20;/h5-10,13-14H,3-4,11-12H2,1-2H3;1H. The predicted molar refractivity (Wildman–Crippen MR) is 128 cm³/mol. The third-order valence-corrected chi connectivity index (χ3v) is 6.68. The van der Waals surface area contributed by atoms with Gasteiger partial charge in [0, 0.05) is 28.5 Å². The van der Waals surface area contributed by atoms with Gasteiger partial charge in [0.15, 0.2) is 5.13 Å². The molecule has 0 saturated heterocycles. The molecule has 0 saturated carbocycles. The maximum absolute atomic E-state index is 13.0. The molecule has 1 amide bonds. The number of halogens is 2. The SMILES string of the molecule is CCN(CC)CCN(C(=O)C=Cc1cccs1)c1nc2ccc(Br)cc2s1.Cl. The molecule has 4 nitrogen and oxygen atoms in total. The molecule has 2 aromatic heterocycles. The van der Waals surface area contributed by atoms with Crippen molar-refractivity contribution in [2.75, 3.05) is 31.1 Å². The average Bonchev–Trinajstić information content (AvgIpc) is 3.32. The summed E-state index contributed by atoms with van der Waals surface area (Å²) in [5.41, 5.74) is 0.918. The normalized spacial score (nSPS) is 11.3. The molecular weight excluding hydrogens is 478 g/mol. The van der Waals surface area contributed by atoms with Crippen LogP contribution in [-0.2, 0) is 4.79 Å². The Labute approximate surface area is 188 Å². The second kappa shape index (κ2) is 11.1. The number of rotatable bonds is 8. The maximum Gasteiger partial charge on any atom is 0.252 e. The van der Waals surface area contributed by atoms with E-state index in [4.69, 9.17) is 4.98 Å². The molecule has 28 heavy (non-hydrogen) atoms. The Balaban J connectivity index is 0.00000280. The van der Waals surface area contributed by atoms with Crippen molar-refractivity contribution in [3.8, 4) is 0 Å². The number of thiazole rings is 1. The summed E-state index contributed by atoms with van der Waals surface area (Å²) in [4.78, 5) is 22.8. The zero-order valence-electron chi connectivity index (χ0n) is 15.8. The minimum Gasteiger partial charge on any atom is -0.302 e. The van der Waals surface area contributed by atoms with E-state index in [0.29, 0.717) is 6.54 Å². The van der Waals surface area contributed by atoms with Crippen LogP contribution in [0.2, 0.25) is 0 Å². The van der Waals surface area contributed by atoms with Crippen LogP contribution in [0.1, 0.15) is 18.7 Å². The number of thiophene rings is 1. The highest BCUT2D eigenvalue weighted by atomic mass is 79.9. The lowest BCUT2D eigenvalue weighted by Crippen LogP contribution is -2.38. The quantitative estimate of drug-likeness (QED) is 0.360. The molecule has 0 bridgehead atoms. The van der Waals surface area contributed by atoms with E-state index in [0.717, 1.165) is 44.3 Å². The van der Waals surface area contributed by atoms with E-state index in [2.05, 4.69) is 34.7 Å². The largest absolute Gasteiger partial charge is 0.302 e. The number of anilines is 1. The molecule has 0 aliphatic rings. The first-order valence-corrected chi connectivity index (χ1v) is 11.4. The van der Waals surface area contributed by atoms with E-state index >= 15 is 0 Å². The van der Waals surface area contributed by atoms with Gasteiger partial charge in [-0.15, -0.1) is 23.7 Å². The average molecular weight is 501 g/mol. The minimum atomic E-state index is -0.0336. The number of benzene rings is 1. The van der Waals surface area contributed by atoms with Gasteiger partial charge in [-0.25, -0.2) is 4.98 Å². The number of likely N-dealkylation sites (N-methyl/N-ethyl adjacent to an activating group) is 1. The third kappa shape index (κ3) is 5.87. The number of carbonyl (C=O) groups excluding carboxylic acids is 1. The van der Waals surface area contributed by atoms with Crippen molar-refractivity contribution in [3.05, 3.63) is 51.1 Å². The van der Waals surface area contributed by atoms with Gasteiger partial charge >= 0.3 is 0 Å². The predicted octanol–water partition coefficient (Wildman–Crippen LogP) is 5.93. The van der Waals surface area contributed by atoms with E-state index < -0.39 is 0 Å². The first-order valence-electron chi connectivity index (χ1n) is 8.92. The summed E-state index contributed by atoms with van der Waals surface area (Å²) >= 11 is 6.68. The van der Waals surface area contributed by atoms with Gasteiger partial charge in [0.2, 0.25) is 0 Å². The number of aromatic nitrogens is 1. The lowest BCUT2D eigenvalue weighted by atomic mass is 10.3. The number of nitrogens with zero attached hydrogens (tertiary/aromatic N) is 3. The summed E-state index contributed by atoms with van der Waals surface area (Å²) in [6.45, 7) is 7.66. The number of hydrogen-bond acceptors (Lipinski definition) is 5. The zero-order chi connectivity index (χ0) is 19.2. The van der Waals surface area contributed by atoms with Crippen LogP contribution < -0.4 is 4.90 Å². The summed E-state index contributed by atoms with van der Waals surface area (Å²) < 4.78 is 2.09. The fourth-order valence-corrected chi connectivity index (χ4v) is 4.88. The first-order chi connectivity index (χ1) is 13.1. The summed E-state index contributed by atoms with van der Waals surface area (Å²) in [6, 6.07) is 9.99. The van der Waals surface area contributed by atoms with Crippen molar-refractivity contribution < 1.29 is 4.79 Å². The van der Waals surface area contributed by atoms with Crippen LogP contribution in [0.3, 0.4) is 0 Å². The number of hydrogen-bond donors (Lipinski definition) is 0. The second-order valence-corrected chi connectivity index (χ2v) is 8.88. The van der Waals surface area contributed by atoms with Gasteiger partial charge in [0.1, 0.15) is 0 Å². The van der Waals surface area contributed by atoms with Crippen LogP contribution in [-0.4, -0.2) is 42.0 Å². The van der Waals surface area contributed by atoms with Crippen molar-refractivity contribution in [1.29, 1.82) is 0 Å². The molecule has 1 aromatic carbocycles. The van der Waals surface area contributed by atoms with Crippen molar-refractivity contribution >= 4 is 78.3 Å². The summed E-state index contributed by atoms with van der Waals surface area (Å²) in [5.74, 6) is -0.0336. The molecular formula is C20H23BrClN3OS2. The Hall–Kier alpha value is -1.25. The van der Waals surface area contributed by atoms with Crippen molar-refractivity contribution in [3.63, 3.8) is 0 Å². The first kappa shape index (κ1) is 23.0. The molecule has 0 unspecified atom stereocenters. The number of amides is 1. The molecule has 0 atom stereocenters. The van der Waals surface area contributed by atoms with Crippen molar-refractivity contribution in [2.45, 2.75) is 13.8 Å². The molecule has 0 spiro atoms. The Morgan fingerprint density at radius 2 is 2.00 bits per heavy atom. The van der Waals surface area contributed by atoms with E-state index in [-0.39, 0.29) is 18.3 Å². The maximum atomic E-state index is 13.0. The van der Waals surface area contributed by atoms with Gasteiger partial charge in [-0.2, -0.15) is 0 Å². The summed E-state index contributed by atoms with van der Waals surface area (Å²) in [5, 5.41) is 2.75. The van der Waals surface area contributed by atoms with Crippen LogP contribution in [0.5, 0.6) is 0 Å². The van der Waals surface area contributed by atoms with E-state index in [1.54, 1.807) is 33.6 Å². The number of fused-ring (bicyclic) bond motifs is 1. The van der Waals surface area contributed by atoms with Crippen LogP contribution in [0.25, 0.3) is 16.3 Å². The lowest BCUT2D eigenvalue weighted by molar-refractivity contribution is -0.114. The molecule has 0 fully saturated rings. The monoisotopic (exact) mass is 499 g/mol. The van der Waals surface area contributed by atoms with Crippen molar-refractivity contribution in [1.82, 2.24) is 9.88 Å². The Kier molecular flexibility index (Phi) is 9.11. The zero-order valence-corrected chi connectivity index (χ0v) is 19.8. The van der Waals surface area contributed by atoms with Crippen LogP contribution in [0.15, 0.2) is 46.3 Å². The smallest absolute Gasteiger partial charge is 0.252 e. The Morgan fingerprint density at radius 1 is 1.21 bits per heavy atom. The fourth-order valence-electron chi connectivity index (χ4n) is 2.71. The second-order valence-electron chi connectivity index (χ2n) is 5.97. The molecule has 2 heterocycles. The topological polar surface area (TPSA) is 36.4 Å². The highest BCUT2D eigenvalue weighted by Gasteiger charge is 2.18. The van der Waals surface area contributed by atoms with Crippen molar-refractivity contribution in [2.24, 2.45) is 0 Å². The molecule has 0 aliphatic heterocycles. The highest BCUT2D eigenvalue weighted by molar-refractivity contribution is 9.10. The molecule has 8 heteroatoms. The van der Waals surface area contributed by atoms with Crippen LogP contribution in [0.4, 0.5) is 5.13 Å². The van der Waals surface area contributed by atoms with Gasteiger partial charge < -0.3 is 4.90 Å². The third-order valence-electron chi connectivity index (χ3n) is 4.30. The molecule has 3 rings (SSSR count). The molecule has 0 aliphatic carbocycles. The minimum absolute atomic E-state index is 0. The summed E-state index contributed by atoms with van der Waals surface area (Å²) in [7, 11) is 0. The van der Waals surface area contributed by atoms with E-state index in [1.165, 1.54) is 0 Å². The van der Waals surface area contributed by atoms with Gasteiger partial charge in [-0.3, -0.25) is 9.69 Å². The van der Waals surface area contributed by atoms with Gasteiger partial charge in [0.25, 0.3) is 5.91 Å². The van der Waals surface area contributed by atoms with E-state index in [9.17, 15) is 4.79 Å².